The quantitative estimate of drug-likeness (QED) is 0.684. The summed E-state index contributed by atoms with van der Waals surface area (Å²) < 4.78 is 0. The number of carbonyl (C=O) groups excluding carboxylic acids is 1. The molecule has 2 rings (SSSR count). The minimum atomic E-state index is -0.491. The van der Waals surface area contributed by atoms with E-state index in [2.05, 4.69) is 6.92 Å². The van der Waals surface area contributed by atoms with E-state index >= 15 is 0 Å². The molecule has 6 nitrogen and oxygen atoms in total. The summed E-state index contributed by atoms with van der Waals surface area (Å²) in [5, 5.41) is 10.8. The van der Waals surface area contributed by atoms with E-state index in [9.17, 15) is 14.9 Å². The molecule has 21 heavy (non-hydrogen) atoms. The first-order valence-corrected chi connectivity index (χ1v) is 6.78. The van der Waals surface area contributed by atoms with Gasteiger partial charge in [0.25, 0.3) is 11.6 Å². The third kappa shape index (κ3) is 3.92. The number of likely N-dealkylation sites (tertiary alicyclic amines) is 1. The highest BCUT2D eigenvalue weighted by Gasteiger charge is 2.29. The van der Waals surface area contributed by atoms with Crippen molar-refractivity contribution in [2.24, 2.45) is 11.7 Å². The van der Waals surface area contributed by atoms with Crippen molar-refractivity contribution in [3.8, 4) is 0 Å². The third-order valence-electron chi connectivity index (χ3n) is 3.81. The SMILES string of the molecule is CC1CCN(C(=O)c2cccc([N+](=O)[O-])c2)C(CN)C1.Cl. The second-order valence-corrected chi connectivity index (χ2v) is 5.33. The molecule has 1 heterocycles. The first kappa shape index (κ1) is 17.4. The molecule has 1 aliphatic heterocycles. The van der Waals surface area contributed by atoms with Crippen molar-refractivity contribution in [2.45, 2.75) is 25.8 Å². The molecule has 1 saturated heterocycles. The maximum absolute atomic E-state index is 12.5. The molecule has 0 bridgehead atoms. The topological polar surface area (TPSA) is 89.5 Å². The number of nitrogens with two attached hydrogens (primary N) is 1. The normalized spacial score (nSPS) is 21.5. The van der Waals surface area contributed by atoms with Crippen LogP contribution in [0.15, 0.2) is 24.3 Å². The number of benzene rings is 1. The van der Waals surface area contributed by atoms with E-state index in [1.165, 1.54) is 18.2 Å². The van der Waals surface area contributed by atoms with E-state index < -0.39 is 4.92 Å². The number of nitro benzene ring substituents is 1. The van der Waals surface area contributed by atoms with Crippen molar-refractivity contribution in [1.82, 2.24) is 4.90 Å². The molecule has 0 aromatic heterocycles. The van der Waals surface area contributed by atoms with Gasteiger partial charge >= 0.3 is 0 Å². The van der Waals surface area contributed by atoms with E-state index in [-0.39, 0.29) is 30.0 Å². The minimum Gasteiger partial charge on any atom is -0.334 e. The van der Waals surface area contributed by atoms with Crippen molar-refractivity contribution in [2.75, 3.05) is 13.1 Å². The van der Waals surface area contributed by atoms with Crippen LogP contribution in [0.25, 0.3) is 0 Å². The number of nitrogens with zero attached hydrogens (tertiary/aromatic N) is 2. The Bertz CT molecular complexity index is 524. The molecule has 1 aliphatic rings. The van der Waals surface area contributed by atoms with E-state index in [1.807, 2.05) is 0 Å². The van der Waals surface area contributed by atoms with E-state index in [4.69, 9.17) is 5.73 Å². The molecule has 1 amide bonds. The highest BCUT2D eigenvalue weighted by Crippen LogP contribution is 2.24. The number of halogens is 1. The number of rotatable bonds is 3. The lowest BCUT2D eigenvalue weighted by atomic mass is 9.92. The van der Waals surface area contributed by atoms with Gasteiger partial charge in [-0.2, -0.15) is 0 Å². The summed E-state index contributed by atoms with van der Waals surface area (Å²) in [5.74, 6) is 0.383. The zero-order valence-corrected chi connectivity index (χ0v) is 12.7. The van der Waals surface area contributed by atoms with E-state index in [1.54, 1.807) is 11.0 Å². The Morgan fingerprint density at radius 2 is 2.24 bits per heavy atom. The van der Waals surface area contributed by atoms with Crippen LogP contribution in [0.2, 0.25) is 0 Å². The summed E-state index contributed by atoms with van der Waals surface area (Å²) in [4.78, 5) is 24.5. The predicted molar refractivity (Wildman–Crippen MR) is 82.6 cm³/mol. The van der Waals surface area contributed by atoms with Crippen LogP contribution in [-0.2, 0) is 0 Å². The van der Waals surface area contributed by atoms with Gasteiger partial charge in [-0.3, -0.25) is 14.9 Å². The van der Waals surface area contributed by atoms with Gasteiger partial charge in [0.05, 0.1) is 4.92 Å². The van der Waals surface area contributed by atoms with Gasteiger partial charge in [0.2, 0.25) is 0 Å². The highest BCUT2D eigenvalue weighted by molar-refractivity contribution is 5.95. The predicted octanol–water partition coefficient (Wildman–Crippen LogP) is 2.22. The standard InChI is InChI=1S/C14H19N3O3.ClH/c1-10-5-6-16(13(7-10)9-15)14(18)11-3-2-4-12(8-11)17(19)20;/h2-4,8,10,13H,5-7,9,15H2,1H3;1H. The average Bonchev–Trinajstić information content (AvgIpc) is 2.46. The van der Waals surface area contributed by atoms with Gasteiger partial charge < -0.3 is 10.6 Å². The molecule has 7 heteroatoms. The summed E-state index contributed by atoms with van der Waals surface area (Å²) in [6, 6.07) is 5.88. The highest BCUT2D eigenvalue weighted by atomic mass is 35.5. The second-order valence-electron chi connectivity index (χ2n) is 5.33. The van der Waals surface area contributed by atoms with Gasteiger partial charge in [-0.05, 0) is 24.8 Å². The van der Waals surface area contributed by atoms with Gasteiger partial charge in [0.15, 0.2) is 0 Å². The van der Waals surface area contributed by atoms with Crippen LogP contribution in [0.4, 0.5) is 5.69 Å². The molecular formula is C14H20ClN3O3. The molecule has 1 aromatic carbocycles. The number of amides is 1. The van der Waals surface area contributed by atoms with E-state index in [0.717, 1.165) is 12.8 Å². The molecule has 2 atom stereocenters. The monoisotopic (exact) mass is 313 g/mol. The van der Waals surface area contributed by atoms with Crippen LogP contribution in [0.3, 0.4) is 0 Å². The fourth-order valence-electron chi connectivity index (χ4n) is 2.66. The number of hydrogen-bond donors (Lipinski definition) is 1. The fraction of sp³-hybridized carbons (Fsp3) is 0.500. The van der Waals surface area contributed by atoms with Crippen LogP contribution in [0.1, 0.15) is 30.1 Å². The summed E-state index contributed by atoms with van der Waals surface area (Å²) in [7, 11) is 0. The Hall–Kier alpha value is -1.66. The van der Waals surface area contributed by atoms with Gasteiger partial charge in [0.1, 0.15) is 0 Å². The Balaban J connectivity index is 0.00000220. The summed E-state index contributed by atoms with van der Waals surface area (Å²) >= 11 is 0. The molecule has 0 aliphatic carbocycles. The van der Waals surface area contributed by atoms with E-state index in [0.29, 0.717) is 24.6 Å². The second kappa shape index (κ2) is 7.38. The molecule has 0 saturated carbocycles. The first-order valence-electron chi connectivity index (χ1n) is 6.78. The smallest absolute Gasteiger partial charge is 0.270 e. The maximum Gasteiger partial charge on any atom is 0.270 e. The zero-order chi connectivity index (χ0) is 14.7. The Labute approximate surface area is 129 Å². The Kier molecular flexibility index (Phi) is 6.11. The first-order chi connectivity index (χ1) is 9.52. The van der Waals surface area contributed by atoms with Gasteiger partial charge in [-0.25, -0.2) is 0 Å². The average molecular weight is 314 g/mol. The van der Waals surface area contributed by atoms with Crippen LogP contribution in [0.5, 0.6) is 0 Å². The third-order valence-corrected chi connectivity index (χ3v) is 3.81. The summed E-state index contributed by atoms with van der Waals surface area (Å²) in [6.07, 6.45) is 1.83. The van der Waals surface area contributed by atoms with Gasteiger partial charge in [-0.15, -0.1) is 12.4 Å². The zero-order valence-electron chi connectivity index (χ0n) is 11.9. The van der Waals surface area contributed by atoms with Crippen molar-refractivity contribution in [3.05, 3.63) is 39.9 Å². The van der Waals surface area contributed by atoms with Crippen LogP contribution in [-0.4, -0.2) is 34.9 Å². The van der Waals surface area contributed by atoms with Gasteiger partial charge in [0, 0.05) is 36.8 Å². The largest absolute Gasteiger partial charge is 0.334 e. The number of nitro groups is 1. The lowest BCUT2D eigenvalue weighted by Gasteiger charge is -2.38. The van der Waals surface area contributed by atoms with Crippen LogP contribution >= 0.6 is 12.4 Å². The molecular weight excluding hydrogens is 294 g/mol. The Morgan fingerprint density at radius 3 is 2.86 bits per heavy atom. The van der Waals surface area contributed by atoms with Crippen LogP contribution < -0.4 is 5.73 Å². The number of non-ortho nitro benzene ring substituents is 1. The Morgan fingerprint density at radius 1 is 1.52 bits per heavy atom. The summed E-state index contributed by atoms with van der Waals surface area (Å²) in [6.45, 7) is 3.23. The van der Waals surface area contributed by atoms with Crippen molar-refractivity contribution in [3.63, 3.8) is 0 Å². The molecule has 1 fully saturated rings. The van der Waals surface area contributed by atoms with Crippen molar-refractivity contribution >= 4 is 24.0 Å². The van der Waals surface area contributed by atoms with Crippen molar-refractivity contribution in [1.29, 1.82) is 0 Å². The molecule has 0 spiro atoms. The molecule has 116 valence electrons. The lowest BCUT2D eigenvalue weighted by Crippen LogP contribution is -2.49. The minimum absolute atomic E-state index is 0. The summed E-state index contributed by atoms with van der Waals surface area (Å²) in [5.41, 5.74) is 6.04. The number of hydrogen-bond acceptors (Lipinski definition) is 4. The number of carbonyl (C=O) groups is 1. The van der Waals surface area contributed by atoms with Gasteiger partial charge in [-0.1, -0.05) is 13.0 Å². The molecule has 2 N–H and O–H groups in total. The van der Waals surface area contributed by atoms with Crippen LogP contribution in [0, 0.1) is 16.0 Å². The lowest BCUT2D eigenvalue weighted by molar-refractivity contribution is -0.384. The fourth-order valence-corrected chi connectivity index (χ4v) is 2.66. The molecule has 0 radical (unpaired) electrons. The number of piperidine rings is 1. The maximum atomic E-state index is 12.5. The molecule has 2 unspecified atom stereocenters. The van der Waals surface area contributed by atoms with Crippen molar-refractivity contribution < 1.29 is 9.72 Å². The molecule has 1 aromatic rings.